The molecule has 0 aliphatic heterocycles. The van der Waals surface area contributed by atoms with E-state index in [1.807, 2.05) is 0 Å². The molecule has 0 bridgehead atoms. The molecule has 0 radical (unpaired) electrons. The maximum Gasteiger partial charge on any atom is 0.348 e. The van der Waals surface area contributed by atoms with Gasteiger partial charge >= 0.3 is 5.97 Å². The Morgan fingerprint density at radius 2 is 2.05 bits per heavy atom. The van der Waals surface area contributed by atoms with Crippen molar-refractivity contribution in [2.24, 2.45) is 0 Å². The number of sulfonamides is 1. The third kappa shape index (κ3) is 3.06. The summed E-state index contributed by atoms with van der Waals surface area (Å²) in [6, 6.07) is 7.12. The van der Waals surface area contributed by atoms with Crippen molar-refractivity contribution in [3.8, 4) is 0 Å². The van der Waals surface area contributed by atoms with Crippen LogP contribution in [0.4, 0.5) is 5.69 Å². The zero-order valence-corrected chi connectivity index (χ0v) is 11.7. The van der Waals surface area contributed by atoms with Gasteiger partial charge in [0.1, 0.15) is 4.88 Å². The molecule has 2 rings (SSSR count). The Morgan fingerprint density at radius 3 is 2.68 bits per heavy atom. The summed E-state index contributed by atoms with van der Waals surface area (Å²) in [6.45, 7) is 0. The van der Waals surface area contributed by atoms with E-state index >= 15 is 0 Å². The van der Waals surface area contributed by atoms with Crippen LogP contribution in [0.5, 0.6) is 0 Å². The molecule has 0 spiro atoms. The van der Waals surface area contributed by atoms with Gasteiger partial charge in [0.15, 0.2) is 0 Å². The van der Waals surface area contributed by atoms with Crippen molar-refractivity contribution in [2.75, 3.05) is 4.72 Å². The van der Waals surface area contributed by atoms with Gasteiger partial charge < -0.3 is 5.11 Å². The van der Waals surface area contributed by atoms with Crippen LogP contribution in [0.2, 0.25) is 5.02 Å². The number of nitrogens with one attached hydrogen (secondary N) is 1. The molecule has 0 unspecified atom stereocenters. The van der Waals surface area contributed by atoms with Crippen LogP contribution in [0.1, 0.15) is 9.67 Å². The van der Waals surface area contributed by atoms with Crippen LogP contribution in [-0.4, -0.2) is 19.5 Å². The molecule has 0 fully saturated rings. The molecular weight excluding hydrogens is 310 g/mol. The van der Waals surface area contributed by atoms with E-state index in [-0.39, 0.29) is 20.5 Å². The van der Waals surface area contributed by atoms with E-state index in [2.05, 4.69) is 4.72 Å². The van der Waals surface area contributed by atoms with Gasteiger partial charge in [0.05, 0.1) is 10.6 Å². The molecule has 0 aliphatic rings. The fourth-order valence-electron chi connectivity index (χ4n) is 1.39. The van der Waals surface area contributed by atoms with Crippen LogP contribution in [-0.2, 0) is 10.0 Å². The van der Waals surface area contributed by atoms with Crippen LogP contribution < -0.4 is 4.72 Å². The van der Waals surface area contributed by atoms with Crippen molar-refractivity contribution >= 4 is 44.6 Å². The van der Waals surface area contributed by atoms with Crippen LogP contribution >= 0.6 is 22.9 Å². The minimum Gasteiger partial charge on any atom is -0.477 e. The number of anilines is 1. The Labute approximate surface area is 118 Å². The third-order valence-electron chi connectivity index (χ3n) is 2.21. The molecule has 19 heavy (non-hydrogen) atoms. The first kappa shape index (κ1) is 13.9. The lowest BCUT2D eigenvalue weighted by molar-refractivity contribution is 0.0703. The summed E-state index contributed by atoms with van der Waals surface area (Å²) < 4.78 is 26.4. The first-order valence-electron chi connectivity index (χ1n) is 4.99. The SMILES string of the molecule is O=C(O)c1sccc1NS(=O)(=O)c1cccc(Cl)c1. The molecule has 8 heteroatoms. The third-order valence-corrected chi connectivity index (χ3v) is 4.71. The maximum absolute atomic E-state index is 12.1. The summed E-state index contributed by atoms with van der Waals surface area (Å²) in [7, 11) is -3.85. The minimum atomic E-state index is -3.85. The normalized spacial score (nSPS) is 11.2. The predicted molar refractivity (Wildman–Crippen MR) is 73.5 cm³/mol. The van der Waals surface area contributed by atoms with Crippen molar-refractivity contribution in [1.29, 1.82) is 0 Å². The molecule has 0 saturated heterocycles. The number of carboxylic acids is 1. The molecule has 1 aromatic carbocycles. The molecule has 0 atom stereocenters. The summed E-state index contributed by atoms with van der Waals surface area (Å²) >= 11 is 6.67. The van der Waals surface area contributed by atoms with Gasteiger partial charge in [0, 0.05) is 5.02 Å². The van der Waals surface area contributed by atoms with Gasteiger partial charge in [0.2, 0.25) is 0 Å². The quantitative estimate of drug-likeness (QED) is 0.908. The second-order valence-corrected chi connectivity index (χ2v) is 6.57. The number of hydrogen-bond donors (Lipinski definition) is 2. The fraction of sp³-hybridized carbons (Fsp3) is 0. The Kier molecular flexibility index (Phi) is 3.79. The lowest BCUT2D eigenvalue weighted by atomic mass is 10.4. The van der Waals surface area contributed by atoms with Crippen molar-refractivity contribution < 1.29 is 18.3 Å². The zero-order chi connectivity index (χ0) is 14.0. The second kappa shape index (κ2) is 5.20. The second-order valence-electron chi connectivity index (χ2n) is 3.53. The van der Waals surface area contributed by atoms with E-state index in [1.165, 1.54) is 29.6 Å². The number of halogens is 1. The first-order valence-corrected chi connectivity index (χ1v) is 7.73. The maximum atomic E-state index is 12.1. The highest BCUT2D eigenvalue weighted by Gasteiger charge is 2.19. The van der Waals surface area contributed by atoms with E-state index in [4.69, 9.17) is 16.7 Å². The van der Waals surface area contributed by atoms with Gasteiger partial charge in [-0.3, -0.25) is 4.72 Å². The van der Waals surface area contributed by atoms with Crippen LogP contribution in [0.15, 0.2) is 40.6 Å². The monoisotopic (exact) mass is 317 g/mol. The Hall–Kier alpha value is -1.57. The number of carboxylic acid groups (broad SMARTS) is 1. The molecule has 1 heterocycles. The van der Waals surface area contributed by atoms with E-state index in [1.54, 1.807) is 6.07 Å². The van der Waals surface area contributed by atoms with E-state index in [0.717, 1.165) is 11.3 Å². The van der Waals surface area contributed by atoms with Crippen LogP contribution in [0.3, 0.4) is 0 Å². The summed E-state index contributed by atoms with van der Waals surface area (Å²) in [5.41, 5.74) is 0.0393. The van der Waals surface area contributed by atoms with E-state index in [9.17, 15) is 13.2 Å². The number of rotatable bonds is 4. The average Bonchev–Trinajstić information content (AvgIpc) is 2.76. The lowest BCUT2D eigenvalue weighted by Crippen LogP contribution is -2.14. The molecule has 0 saturated carbocycles. The molecule has 5 nitrogen and oxygen atoms in total. The van der Waals surface area contributed by atoms with Gasteiger partial charge in [-0.2, -0.15) is 0 Å². The van der Waals surface area contributed by atoms with Gasteiger partial charge in [-0.15, -0.1) is 11.3 Å². The van der Waals surface area contributed by atoms with Crippen molar-refractivity contribution in [3.05, 3.63) is 45.6 Å². The van der Waals surface area contributed by atoms with Gasteiger partial charge in [-0.25, -0.2) is 13.2 Å². The Morgan fingerprint density at radius 1 is 1.32 bits per heavy atom. The number of carbonyl (C=O) groups is 1. The molecule has 2 aromatic rings. The number of thiophene rings is 1. The van der Waals surface area contributed by atoms with Gasteiger partial charge in [-0.05, 0) is 29.6 Å². The summed E-state index contributed by atoms with van der Waals surface area (Å²) in [5, 5.41) is 10.7. The Balaban J connectivity index is 2.37. The molecule has 0 aliphatic carbocycles. The largest absolute Gasteiger partial charge is 0.477 e. The average molecular weight is 318 g/mol. The standard InChI is InChI=1S/C11H8ClNO4S2/c12-7-2-1-3-8(6-7)19(16,17)13-9-4-5-18-10(9)11(14)15/h1-6,13H,(H,14,15). The van der Waals surface area contributed by atoms with Crippen molar-refractivity contribution in [3.63, 3.8) is 0 Å². The highest BCUT2D eigenvalue weighted by Crippen LogP contribution is 2.25. The zero-order valence-electron chi connectivity index (χ0n) is 9.33. The fourth-order valence-corrected chi connectivity index (χ4v) is 3.52. The highest BCUT2D eigenvalue weighted by molar-refractivity contribution is 7.92. The van der Waals surface area contributed by atoms with E-state index < -0.39 is 16.0 Å². The molecule has 2 N–H and O–H groups in total. The lowest BCUT2D eigenvalue weighted by Gasteiger charge is -2.07. The predicted octanol–water partition coefficient (Wildman–Crippen LogP) is 2.90. The number of benzene rings is 1. The van der Waals surface area contributed by atoms with Gasteiger partial charge in [-0.1, -0.05) is 17.7 Å². The van der Waals surface area contributed by atoms with Crippen LogP contribution in [0.25, 0.3) is 0 Å². The molecule has 1 aromatic heterocycles. The van der Waals surface area contributed by atoms with Crippen molar-refractivity contribution in [1.82, 2.24) is 0 Å². The van der Waals surface area contributed by atoms with E-state index in [0.29, 0.717) is 0 Å². The minimum absolute atomic E-state index is 0.0254. The smallest absolute Gasteiger partial charge is 0.348 e. The van der Waals surface area contributed by atoms with Crippen molar-refractivity contribution in [2.45, 2.75) is 4.90 Å². The first-order chi connectivity index (χ1) is 8.90. The topological polar surface area (TPSA) is 83.5 Å². The highest BCUT2D eigenvalue weighted by atomic mass is 35.5. The molecule has 0 amide bonds. The number of hydrogen-bond acceptors (Lipinski definition) is 4. The molecular formula is C11H8ClNO4S2. The summed E-state index contributed by atoms with van der Waals surface area (Å²) in [6.07, 6.45) is 0. The Bertz CT molecular complexity index is 724. The van der Waals surface area contributed by atoms with Crippen LogP contribution in [0, 0.1) is 0 Å². The molecule has 100 valence electrons. The van der Waals surface area contributed by atoms with Gasteiger partial charge in [0.25, 0.3) is 10.0 Å². The summed E-state index contributed by atoms with van der Waals surface area (Å²) in [5.74, 6) is -1.18. The summed E-state index contributed by atoms with van der Waals surface area (Å²) in [4.78, 5) is 10.8. The number of aromatic carboxylic acids is 1.